The first-order valence-electron chi connectivity index (χ1n) is 6.57. The summed E-state index contributed by atoms with van der Waals surface area (Å²) in [4.78, 5) is 16.4. The quantitative estimate of drug-likeness (QED) is 0.621. The zero-order valence-corrected chi connectivity index (χ0v) is 13.3. The highest BCUT2D eigenvalue weighted by molar-refractivity contribution is 6.30. The molecule has 7 heteroatoms. The molecule has 0 unspecified atom stereocenters. The second-order valence-corrected chi connectivity index (χ2v) is 5.34. The predicted molar refractivity (Wildman–Crippen MR) is 85.7 cm³/mol. The van der Waals surface area contributed by atoms with Gasteiger partial charge in [0, 0.05) is 30.2 Å². The number of rotatable bonds is 5. The fourth-order valence-corrected chi connectivity index (χ4v) is 2.45. The van der Waals surface area contributed by atoms with E-state index in [4.69, 9.17) is 16.3 Å². The van der Waals surface area contributed by atoms with E-state index in [0.717, 1.165) is 16.9 Å². The van der Waals surface area contributed by atoms with E-state index >= 15 is 0 Å². The highest BCUT2D eigenvalue weighted by atomic mass is 35.5. The second kappa shape index (κ2) is 6.62. The molecule has 0 aliphatic heterocycles. The van der Waals surface area contributed by atoms with Crippen LogP contribution in [0.2, 0.25) is 5.02 Å². The zero-order chi connectivity index (χ0) is 16.3. The van der Waals surface area contributed by atoms with Crippen molar-refractivity contribution in [2.45, 2.75) is 13.5 Å². The molecule has 2 rings (SSSR count). The average molecular weight is 322 g/mol. The van der Waals surface area contributed by atoms with Gasteiger partial charge < -0.3 is 9.64 Å². The van der Waals surface area contributed by atoms with Crippen LogP contribution in [0.15, 0.2) is 30.5 Å². The van der Waals surface area contributed by atoms with Crippen molar-refractivity contribution in [3.8, 4) is 5.75 Å². The van der Waals surface area contributed by atoms with Crippen LogP contribution >= 0.6 is 11.6 Å². The minimum absolute atomic E-state index is 0.0185. The first-order valence-corrected chi connectivity index (χ1v) is 6.94. The number of benzene rings is 1. The third-order valence-electron chi connectivity index (χ3n) is 3.26. The van der Waals surface area contributed by atoms with Gasteiger partial charge in [-0.05, 0) is 30.7 Å². The molecule has 6 nitrogen and oxygen atoms in total. The molecule has 116 valence electrons. The molecule has 1 aromatic heterocycles. The lowest BCUT2D eigenvalue weighted by Crippen LogP contribution is -2.19. The van der Waals surface area contributed by atoms with Gasteiger partial charge in [-0.15, -0.1) is 0 Å². The Balaban J connectivity index is 2.28. The van der Waals surface area contributed by atoms with E-state index in [2.05, 4.69) is 4.98 Å². The Morgan fingerprint density at radius 3 is 2.73 bits per heavy atom. The topological polar surface area (TPSA) is 68.5 Å². The molecule has 0 aliphatic carbocycles. The van der Waals surface area contributed by atoms with Gasteiger partial charge >= 0.3 is 0 Å². The van der Waals surface area contributed by atoms with Crippen LogP contribution in [0.25, 0.3) is 0 Å². The molecule has 0 spiro atoms. The van der Waals surface area contributed by atoms with Crippen molar-refractivity contribution in [2.75, 3.05) is 19.1 Å². The van der Waals surface area contributed by atoms with Gasteiger partial charge in [0.2, 0.25) is 0 Å². The number of halogens is 1. The van der Waals surface area contributed by atoms with Gasteiger partial charge in [0.15, 0.2) is 0 Å². The molecule has 2 aromatic rings. The summed E-state index contributed by atoms with van der Waals surface area (Å²) in [5, 5.41) is 11.4. The smallest absolute Gasteiger partial charge is 0.287 e. The standard InChI is InChI=1S/C15H16ClN3O3/c1-10-6-13(19(20)21)8-17-15(10)18(2)9-11-7-12(16)4-5-14(11)22-3/h4-8H,9H2,1-3H3. The van der Waals surface area contributed by atoms with Crippen LogP contribution in [-0.4, -0.2) is 24.1 Å². The molecule has 0 saturated heterocycles. The maximum atomic E-state index is 10.8. The molecule has 0 saturated carbocycles. The van der Waals surface area contributed by atoms with Crippen LogP contribution in [0, 0.1) is 17.0 Å². The third kappa shape index (κ3) is 3.46. The highest BCUT2D eigenvalue weighted by Gasteiger charge is 2.14. The lowest BCUT2D eigenvalue weighted by Gasteiger charge is -2.21. The molecule has 22 heavy (non-hydrogen) atoms. The molecule has 0 atom stereocenters. The summed E-state index contributed by atoms with van der Waals surface area (Å²) in [6.07, 6.45) is 1.26. The number of hydrogen-bond donors (Lipinski definition) is 0. The van der Waals surface area contributed by atoms with Gasteiger partial charge in [0.1, 0.15) is 17.8 Å². The Kier molecular flexibility index (Phi) is 4.82. The van der Waals surface area contributed by atoms with Crippen LogP contribution in [-0.2, 0) is 6.54 Å². The predicted octanol–water partition coefficient (Wildman–Crippen LogP) is 3.60. The maximum absolute atomic E-state index is 10.8. The molecule has 0 bridgehead atoms. The Bertz CT molecular complexity index is 706. The molecule has 0 N–H and O–H groups in total. The number of nitrogens with zero attached hydrogens (tertiary/aromatic N) is 3. The molecule has 0 amide bonds. The highest BCUT2D eigenvalue weighted by Crippen LogP contribution is 2.27. The Morgan fingerprint density at radius 1 is 1.41 bits per heavy atom. The van der Waals surface area contributed by atoms with Crippen LogP contribution < -0.4 is 9.64 Å². The summed E-state index contributed by atoms with van der Waals surface area (Å²) in [6, 6.07) is 6.91. The van der Waals surface area contributed by atoms with Gasteiger partial charge in [-0.2, -0.15) is 0 Å². The Hall–Kier alpha value is -2.34. The van der Waals surface area contributed by atoms with E-state index in [-0.39, 0.29) is 5.69 Å². The maximum Gasteiger partial charge on any atom is 0.287 e. The van der Waals surface area contributed by atoms with Crippen molar-refractivity contribution in [3.05, 3.63) is 56.7 Å². The molecular weight excluding hydrogens is 306 g/mol. The van der Waals surface area contributed by atoms with Crippen LogP contribution in [0.4, 0.5) is 11.5 Å². The number of ether oxygens (including phenoxy) is 1. The summed E-state index contributed by atoms with van der Waals surface area (Å²) in [6.45, 7) is 2.32. The van der Waals surface area contributed by atoms with E-state index in [9.17, 15) is 10.1 Å². The SMILES string of the molecule is COc1ccc(Cl)cc1CN(C)c1ncc([N+](=O)[O-])cc1C. The molecule has 1 heterocycles. The van der Waals surface area contributed by atoms with Crippen molar-refractivity contribution < 1.29 is 9.66 Å². The number of hydrogen-bond acceptors (Lipinski definition) is 5. The van der Waals surface area contributed by atoms with Crippen LogP contribution in [0.5, 0.6) is 5.75 Å². The third-order valence-corrected chi connectivity index (χ3v) is 3.49. The van der Waals surface area contributed by atoms with E-state index in [1.165, 1.54) is 12.3 Å². The number of pyridine rings is 1. The van der Waals surface area contributed by atoms with Gasteiger partial charge in [0.25, 0.3) is 5.69 Å². The van der Waals surface area contributed by atoms with Gasteiger partial charge in [-0.25, -0.2) is 4.98 Å². The number of methoxy groups -OCH3 is 1. The summed E-state index contributed by atoms with van der Waals surface area (Å²) in [5.41, 5.74) is 1.63. The number of aryl methyl sites for hydroxylation is 1. The van der Waals surface area contributed by atoms with Crippen molar-refractivity contribution in [1.29, 1.82) is 0 Å². The van der Waals surface area contributed by atoms with Crippen molar-refractivity contribution in [3.63, 3.8) is 0 Å². The monoisotopic (exact) mass is 321 g/mol. The van der Waals surface area contributed by atoms with Crippen molar-refractivity contribution in [1.82, 2.24) is 4.98 Å². The van der Waals surface area contributed by atoms with Gasteiger partial charge in [0.05, 0.1) is 12.0 Å². The van der Waals surface area contributed by atoms with Crippen molar-refractivity contribution in [2.24, 2.45) is 0 Å². The van der Waals surface area contributed by atoms with Crippen LogP contribution in [0.1, 0.15) is 11.1 Å². The Labute approximate surface area is 133 Å². The largest absolute Gasteiger partial charge is 0.496 e. The van der Waals surface area contributed by atoms with Gasteiger partial charge in [-0.3, -0.25) is 10.1 Å². The summed E-state index contributed by atoms with van der Waals surface area (Å²) in [7, 11) is 3.46. The molecule has 1 aromatic carbocycles. The number of anilines is 1. The van der Waals surface area contributed by atoms with Crippen molar-refractivity contribution >= 4 is 23.1 Å². The fraction of sp³-hybridized carbons (Fsp3) is 0.267. The van der Waals surface area contributed by atoms with E-state index in [1.54, 1.807) is 20.1 Å². The first-order chi connectivity index (χ1) is 10.4. The summed E-state index contributed by atoms with van der Waals surface area (Å²) >= 11 is 6.03. The summed E-state index contributed by atoms with van der Waals surface area (Å²) < 4.78 is 5.32. The van der Waals surface area contributed by atoms with E-state index in [0.29, 0.717) is 17.4 Å². The fourth-order valence-electron chi connectivity index (χ4n) is 2.25. The minimum Gasteiger partial charge on any atom is -0.496 e. The van der Waals surface area contributed by atoms with Crippen LogP contribution in [0.3, 0.4) is 0 Å². The minimum atomic E-state index is -0.455. The molecular formula is C15H16ClN3O3. The van der Waals surface area contributed by atoms with E-state index in [1.807, 2.05) is 24.1 Å². The number of aromatic nitrogens is 1. The molecule has 0 fully saturated rings. The summed E-state index contributed by atoms with van der Waals surface area (Å²) in [5.74, 6) is 1.41. The zero-order valence-electron chi connectivity index (χ0n) is 12.5. The first kappa shape index (κ1) is 16.0. The molecule has 0 aliphatic rings. The second-order valence-electron chi connectivity index (χ2n) is 4.90. The van der Waals surface area contributed by atoms with E-state index < -0.39 is 4.92 Å². The lowest BCUT2D eigenvalue weighted by molar-refractivity contribution is -0.385. The number of nitro groups is 1. The molecule has 0 radical (unpaired) electrons. The Morgan fingerprint density at radius 2 is 2.14 bits per heavy atom. The van der Waals surface area contributed by atoms with Gasteiger partial charge in [-0.1, -0.05) is 11.6 Å². The lowest BCUT2D eigenvalue weighted by atomic mass is 10.1. The average Bonchev–Trinajstić information content (AvgIpc) is 2.47. The normalized spacial score (nSPS) is 10.4.